The summed E-state index contributed by atoms with van der Waals surface area (Å²) in [6, 6.07) is 16.0. The lowest BCUT2D eigenvalue weighted by molar-refractivity contribution is 0.174. The number of rotatable bonds is 6. The Bertz CT molecular complexity index is 1150. The zero-order chi connectivity index (χ0) is 21.9. The third-order valence-corrected chi connectivity index (χ3v) is 5.71. The number of nitriles is 1. The molecule has 2 aromatic carbocycles. The van der Waals surface area contributed by atoms with Gasteiger partial charge in [0, 0.05) is 32.7 Å². The van der Waals surface area contributed by atoms with Gasteiger partial charge in [-0.3, -0.25) is 4.90 Å². The molecular weight excluding hydrogens is 408 g/mol. The van der Waals surface area contributed by atoms with E-state index in [-0.39, 0.29) is 13.4 Å². The highest BCUT2D eigenvalue weighted by Crippen LogP contribution is 2.33. The van der Waals surface area contributed by atoms with Crippen molar-refractivity contribution in [2.75, 3.05) is 37.9 Å². The van der Waals surface area contributed by atoms with Gasteiger partial charge in [0.1, 0.15) is 11.8 Å². The maximum absolute atomic E-state index is 9.54. The van der Waals surface area contributed by atoms with Gasteiger partial charge in [-0.25, -0.2) is 0 Å². The lowest BCUT2D eigenvalue weighted by Crippen LogP contribution is -2.46. The number of nitrogens with zero attached hydrogens (tertiary/aromatic N) is 4. The van der Waals surface area contributed by atoms with Crippen molar-refractivity contribution in [3.05, 3.63) is 65.2 Å². The van der Waals surface area contributed by atoms with Crippen molar-refractivity contribution in [1.82, 2.24) is 9.88 Å². The van der Waals surface area contributed by atoms with Crippen molar-refractivity contribution in [2.45, 2.75) is 20.1 Å². The highest BCUT2D eigenvalue weighted by atomic mass is 16.7. The van der Waals surface area contributed by atoms with Crippen LogP contribution in [0.25, 0.3) is 0 Å². The number of benzene rings is 2. The quantitative estimate of drug-likeness (QED) is 0.585. The molecule has 0 N–H and O–H groups in total. The molecule has 0 bridgehead atoms. The minimum absolute atomic E-state index is 0.184. The van der Waals surface area contributed by atoms with E-state index in [1.54, 1.807) is 0 Å². The summed E-state index contributed by atoms with van der Waals surface area (Å²) >= 11 is 0. The molecule has 3 heterocycles. The Labute approximate surface area is 186 Å². The Morgan fingerprint density at radius 3 is 2.69 bits per heavy atom. The molecule has 8 nitrogen and oxygen atoms in total. The van der Waals surface area contributed by atoms with Crippen LogP contribution < -0.4 is 19.1 Å². The fourth-order valence-corrected chi connectivity index (χ4v) is 3.97. The Balaban J connectivity index is 1.20. The van der Waals surface area contributed by atoms with Gasteiger partial charge in [0.25, 0.3) is 0 Å². The number of anilines is 1. The lowest BCUT2D eigenvalue weighted by atomic mass is 10.1. The first-order valence-corrected chi connectivity index (χ1v) is 10.6. The number of aryl methyl sites for hydroxylation is 1. The van der Waals surface area contributed by atoms with Crippen molar-refractivity contribution in [1.29, 1.82) is 5.26 Å². The van der Waals surface area contributed by atoms with Crippen LogP contribution in [0, 0.1) is 18.3 Å². The maximum Gasteiger partial charge on any atom is 0.236 e. The summed E-state index contributed by atoms with van der Waals surface area (Å²) in [5.74, 6) is 3.32. The number of aromatic nitrogens is 1. The topological polar surface area (TPSA) is 84.0 Å². The van der Waals surface area contributed by atoms with Crippen molar-refractivity contribution < 1.29 is 18.6 Å². The second-order valence-corrected chi connectivity index (χ2v) is 7.88. The van der Waals surface area contributed by atoms with E-state index in [2.05, 4.69) is 26.9 Å². The Morgan fingerprint density at radius 1 is 1.06 bits per heavy atom. The van der Waals surface area contributed by atoms with Crippen molar-refractivity contribution >= 4 is 5.88 Å². The number of piperazine rings is 1. The third-order valence-electron chi connectivity index (χ3n) is 5.71. The predicted octanol–water partition coefficient (Wildman–Crippen LogP) is 3.48. The molecule has 1 saturated heterocycles. The average Bonchev–Trinajstić information content (AvgIpc) is 3.45. The van der Waals surface area contributed by atoms with Crippen molar-refractivity contribution in [3.63, 3.8) is 0 Å². The Kier molecular flexibility index (Phi) is 5.57. The van der Waals surface area contributed by atoms with E-state index in [9.17, 15) is 5.26 Å². The molecule has 1 fully saturated rings. The van der Waals surface area contributed by atoms with Crippen LogP contribution in [0.4, 0.5) is 5.88 Å². The van der Waals surface area contributed by atoms with E-state index >= 15 is 0 Å². The predicted molar refractivity (Wildman–Crippen MR) is 117 cm³/mol. The molecule has 0 unspecified atom stereocenters. The summed E-state index contributed by atoms with van der Waals surface area (Å²) in [6.45, 7) is 6.52. The monoisotopic (exact) mass is 432 g/mol. The van der Waals surface area contributed by atoms with Gasteiger partial charge in [0.2, 0.25) is 24.3 Å². The number of ether oxygens (including phenoxy) is 3. The Morgan fingerprint density at radius 2 is 1.88 bits per heavy atom. The molecule has 0 amide bonds. The van der Waals surface area contributed by atoms with Crippen LogP contribution >= 0.6 is 0 Å². The summed E-state index contributed by atoms with van der Waals surface area (Å²) in [5.41, 5.74) is 2.53. The molecular formula is C24H24N4O4. The van der Waals surface area contributed by atoms with Crippen LogP contribution in [-0.2, 0) is 13.2 Å². The largest absolute Gasteiger partial charge is 0.484 e. The van der Waals surface area contributed by atoms with Gasteiger partial charge in [0.05, 0.1) is 0 Å². The number of hydrogen-bond acceptors (Lipinski definition) is 8. The molecule has 5 rings (SSSR count). The second kappa shape index (κ2) is 8.81. The molecule has 1 aromatic heterocycles. The third kappa shape index (κ3) is 4.20. The SMILES string of the molecule is Cc1ccccc1OCc1nc(C#N)c(N2CCN(Cc3ccc4c(c3)OCO4)CC2)o1. The van der Waals surface area contributed by atoms with Gasteiger partial charge in [-0.15, -0.1) is 0 Å². The van der Waals surface area contributed by atoms with E-state index in [1.165, 1.54) is 5.56 Å². The number of hydrogen-bond donors (Lipinski definition) is 0. The summed E-state index contributed by atoms with van der Waals surface area (Å²) < 4.78 is 22.6. The minimum atomic E-state index is 0.184. The zero-order valence-electron chi connectivity index (χ0n) is 17.9. The maximum atomic E-state index is 9.54. The summed E-state index contributed by atoms with van der Waals surface area (Å²) in [4.78, 5) is 8.79. The minimum Gasteiger partial charge on any atom is -0.484 e. The molecule has 0 aliphatic carbocycles. The molecule has 3 aromatic rings. The van der Waals surface area contributed by atoms with Crippen LogP contribution in [0.1, 0.15) is 22.7 Å². The van der Waals surface area contributed by atoms with E-state index < -0.39 is 0 Å². The van der Waals surface area contributed by atoms with Gasteiger partial charge in [-0.2, -0.15) is 10.2 Å². The van der Waals surface area contributed by atoms with E-state index in [1.807, 2.05) is 43.3 Å². The fourth-order valence-electron chi connectivity index (χ4n) is 3.97. The van der Waals surface area contributed by atoms with Crippen LogP contribution in [0.2, 0.25) is 0 Å². The standard InChI is InChI=1S/C24H24N4O4/c1-17-4-2-3-5-20(17)29-15-23-26-19(13-25)24(32-23)28-10-8-27(9-11-28)14-18-6-7-21-22(12-18)31-16-30-21/h2-7,12H,8-11,14-16H2,1H3. The van der Waals surface area contributed by atoms with Crippen molar-refractivity contribution in [2.24, 2.45) is 0 Å². The Hall–Kier alpha value is -3.70. The van der Waals surface area contributed by atoms with Crippen LogP contribution in [-0.4, -0.2) is 42.9 Å². The highest BCUT2D eigenvalue weighted by Gasteiger charge is 2.25. The fraction of sp³-hybridized carbons (Fsp3) is 0.333. The molecule has 8 heteroatoms. The van der Waals surface area contributed by atoms with Crippen molar-refractivity contribution in [3.8, 4) is 23.3 Å². The van der Waals surface area contributed by atoms with E-state index in [4.69, 9.17) is 18.6 Å². The van der Waals surface area contributed by atoms with Gasteiger partial charge < -0.3 is 23.5 Å². The first-order chi connectivity index (χ1) is 15.7. The molecule has 32 heavy (non-hydrogen) atoms. The normalized spacial score (nSPS) is 15.6. The average molecular weight is 432 g/mol. The summed E-state index contributed by atoms with van der Waals surface area (Å²) in [5, 5.41) is 9.54. The van der Waals surface area contributed by atoms with Crippen LogP contribution in [0.15, 0.2) is 46.9 Å². The molecule has 0 spiro atoms. The summed E-state index contributed by atoms with van der Waals surface area (Å²) in [6.07, 6.45) is 0. The van der Waals surface area contributed by atoms with Gasteiger partial charge in [0.15, 0.2) is 18.1 Å². The number of oxazole rings is 1. The van der Waals surface area contributed by atoms with Gasteiger partial charge >= 0.3 is 0 Å². The summed E-state index contributed by atoms with van der Waals surface area (Å²) in [7, 11) is 0. The highest BCUT2D eigenvalue weighted by molar-refractivity contribution is 5.48. The molecule has 0 radical (unpaired) electrons. The number of fused-ring (bicyclic) bond motifs is 1. The zero-order valence-corrected chi connectivity index (χ0v) is 17.9. The van der Waals surface area contributed by atoms with Gasteiger partial charge in [-0.05, 0) is 36.2 Å². The van der Waals surface area contributed by atoms with Crippen LogP contribution in [0.5, 0.6) is 17.2 Å². The lowest BCUT2D eigenvalue weighted by Gasteiger charge is -2.34. The van der Waals surface area contributed by atoms with E-state index in [0.717, 1.165) is 55.5 Å². The smallest absolute Gasteiger partial charge is 0.236 e. The second-order valence-electron chi connectivity index (χ2n) is 7.88. The first-order valence-electron chi connectivity index (χ1n) is 10.6. The molecule has 0 saturated carbocycles. The van der Waals surface area contributed by atoms with Crippen LogP contribution in [0.3, 0.4) is 0 Å². The molecule has 2 aliphatic rings. The number of para-hydroxylation sites is 1. The molecule has 2 aliphatic heterocycles. The molecule has 0 atom stereocenters. The van der Waals surface area contributed by atoms with Gasteiger partial charge in [-0.1, -0.05) is 24.3 Å². The van der Waals surface area contributed by atoms with E-state index in [0.29, 0.717) is 17.5 Å². The molecule has 164 valence electrons. The first kappa shape index (κ1) is 20.2.